The Kier molecular flexibility index (Phi) is 3.94. The fourth-order valence-electron chi connectivity index (χ4n) is 2.21. The summed E-state index contributed by atoms with van der Waals surface area (Å²) in [5.74, 6) is -1.63. The Morgan fingerprint density at radius 1 is 1.35 bits per heavy atom. The van der Waals surface area contributed by atoms with Crippen LogP contribution in [0.3, 0.4) is 0 Å². The molecule has 0 aliphatic carbocycles. The maximum atomic E-state index is 12.1. The van der Waals surface area contributed by atoms with E-state index in [1.54, 1.807) is 6.07 Å². The highest BCUT2D eigenvalue weighted by atomic mass is 79.9. The summed E-state index contributed by atoms with van der Waals surface area (Å²) in [4.78, 5) is 36.2. The number of rotatable bonds is 3. The molecule has 0 saturated carbocycles. The lowest BCUT2D eigenvalue weighted by molar-refractivity contribution is -0.139. The van der Waals surface area contributed by atoms with Crippen molar-refractivity contribution in [3.05, 3.63) is 28.8 Å². The number of fused-ring (bicyclic) bond motifs is 1. The smallest absolute Gasteiger partial charge is 0.321 e. The van der Waals surface area contributed by atoms with Crippen LogP contribution < -0.4 is 4.90 Å². The van der Waals surface area contributed by atoms with Gasteiger partial charge < -0.3 is 9.64 Å². The van der Waals surface area contributed by atoms with E-state index in [0.29, 0.717) is 11.3 Å². The van der Waals surface area contributed by atoms with Gasteiger partial charge in [0.25, 0.3) is 11.7 Å². The number of esters is 1. The van der Waals surface area contributed by atoms with E-state index in [4.69, 9.17) is 0 Å². The zero-order valence-electron chi connectivity index (χ0n) is 11.4. The molecule has 1 aromatic rings. The number of ketones is 1. The molecule has 6 heteroatoms. The predicted octanol–water partition coefficient (Wildman–Crippen LogP) is 1.77. The van der Waals surface area contributed by atoms with E-state index in [1.165, 1.54) is 12.0 Å². The van der Waals surface area contributed by atoms with E-state index in [2.05, 4.69) is 20.7 Å². The van der Waals surface area contributed by atoms with Crippen LogP contribution in [0.2, 0.25) is 0 Å². The molecule has 1 amide bonds. The van der Waals surface area contributed by atoms with Crippen LogP contribution in [-0.4, -0.2) is 36.1 Å². The van der Waals surface area contributed by atoms with Crippen molar-refractivity contribution in [3.8, 4) is 0 Å². The summed E-state index contributed by atoms with van der Waals surface area (Å²) in [7, 11) is 1.27. The average molecular weight is 340 g/mol. The summed E-state index contributed by atoms with van der Waals surface area (Å²) in [6, 6.07) is 3.47. The van der Waals surface area contributed by atoms with Crippen LogP contribution in [0.15, 0.2) is 12.1 Å². The van der Waals surface area contributed by atoms with E-state index < -0.39 is 22.5 Å². The number of carbonyl (C=O) groups excluding carboxylic acids is 3. The van der Waals surface area contributed by atoms with Gasteiger partial charge in [-0.2, -0.15) is 0 Å². The number of ether oxygens (including phenoxy) is 1. The Bertz CT molecular complexity index is 611. The second-order valence-electron chi connectivity index (χ2n) is 4.64. The molecule has 1 aromatic carbocycles. The van der Waals surface area contributed by atoms with E-state index in [1.807, 2.05) is 19.9 Å². The monoisotopic (exact) mass is 339 g/mol. The highest BCUT2D eigenvalue weighted by Crippen LogP contribution is 2.34. The Morgan fingerprint density at radius 2 is 2.00 bits per heavy atom. The average Bonchev–Trinajstić information content (AvgIpc) is 2.67. The first-order valence-electron chi connectivity index (χ1n) is 6.06. The number of hydrogen-bond acceptors (Lipinski definition) is 4. The van der Waals surface area contributed by atoms with Gasteiger partial charge >= 0.3 is 5.97 Å². The van der Waals surface area contributed by atoms with Gasteiger partial charge in [-0.15, -0.1) is 0 Å². The first kappa shape index (κ1) is 14.7. The molecule has 0 fully saturated rings. The third-order valence-corrected chi connectivity index (χ3v) is 4.12. The summed E-state index contributed by atoms with van der Waals surface area (Å²) in [6.07, 6.45) is 0. The molecule has 1 heterocycles. The molecule has 1 aliphatic rings. The molecule has 0 saturated heterocycles. The van der Waals surface area contributed by atoms with E-state index in [-0.39, 0.29) is 6.54 Å². The molecule has 0 radical (unpaired) electrons. The van der Waals surface area contributed by atoms with Gasteiger partial charge in [-0.05, 0) is 31.0 Å². The van der Waals surface area contributed by atoms with Crippen molar-refractivity contribution in [2.75, 3.05) is 18.6 Å². The lowest BCUT2D eigenvalue weighted by atomic mass is 10.0. The van der Waals surface area contributed by atoms with Gasteiger partial charge in [0.2, 0.25) is 0 Å². The first-order valence-corrected chi connectivity index (χ1v) is 6.98. The Labute approximate surface area is 125 Å². The molecule has 1 unspecified atom stereocenters. The molecular weight excluding hydrogens is 326 g/mol. The fourth-order valence-corrected chi connectivity index (χ4v) is 2.68. The molecule has 1 aliphatic heterocycles. The zero-order valence-corrected chi connectivity index (χ0v) is 13.0. The molecule has 0 bridgehead atoms. The quantitative estimate of drug-likeness (QED) is 0.478. The molecule has 0 aromatic heterocycles. The highest BCUT2D eigenvalue weighted by molar-refractivity contribution is 9.10. The Balaban J connectivity index is 2.42. The topological polar surface area (TPSA) is 63.7 Å². The van der Waals surface area contributed by atoms with Gasteiger partial charge in [0.05, 0.1) is 18.4 Å². The summed E-state index contributed by atoms with van der Waals surface area (Å²) < 4.78 is 4.62. The van der Waals surface area contributed by atoms with E-state index >= 15 is 0 Å². The van der Waals surface area contributed by atoms with Crippen molar-refractivity contribution in [2.24, 2.45) is 0 Å². The van der Waals surface area contributed by atoms with Gasteiger partial charge in [0.1, 0.15) is 4.83 Å². The van der Waals surface area contributed by atoms with Gasteiger partial charge in [0.15, 0.2) is 0 Å². The third kappa shape index (κ3) is 2.24. The van der Waals surface area contributed by atoms with Crippen LogP contribution in [0.1, 0.15) is 21.5 Å². The minimum Gasteiger partial charge on any atom is -0.468 e. The van der Waals surface area contributed by atoms with Crippen LogP contribution >= 0.6 is 15.9 Å². The second-order valence-corrected chi connectivity index (χ2v) is 5.74. The van der Waals surface area contributed by atoms with Crippen molar-refractivity contribution < 1.29 is 19.1 Å². The molecule has 5 nitrogen and oxygen atoms in total. The molecule has 1 atom stereocenters. The van der Waals surface area contributed by atoms with Crippen molar-refractivity contribution in [3.63, 3.8) is 0 Å². The number of Topliss-reactive ketones (excluding diaryl/α,β-unsaturated/α-hetero) is 1. The standard InChI is InChI=1S/C14H14BrNO4/c1-7-4-5-9-11(8(7)2)16(13(18)12(9)17)6-10(15)14(19)20-3/h4-5,10H,6H2,1-3H3. The van der Waals surface area contributed by atoms with Crippen LogP contribution in [-0.2, 0) is 14.3 Å². The normalized spacial score (nSPS) is 15.3. The maximum absolute atomic E-state index is 12.1. The molecular formula is C14H14BrNO4. The van der Waals surface area contributed by atoms with Crippen LogP contribution in [0.25, 0.3) is 0 Å². The SMILES string of the molecule is COC(=O)C(Br)CN1C(=O)C(=O)c2ccc(C)c(C)c21. The zero-order chi connectivity index (χ0) is 15.0. The minimum absolute atomic E-state index is 0.0640. The largest absolute Gasteiger partial charge is 0.468 e. The molecule has 106 valence electrons. The van der Waals surface area contributed by atoms with Crippen molar-refractivity contribution in [1.82, 2.24) is 0 Å². The van der Waals surface area contributed by atoms with Crippen LogP contribution in [0.4, 0.5) is 5.69 Å². The van der Waals surface area contributed by atoms with Gasteiger partial charge in [-0.3, -0.25) is 14.4 Å². The van der Waals surface area contributed by atoms with E-state index in [9.17, 15) is 14.4 Å². The van der Waals surface area contributed by atoms with Crippen molar-refractivity contribution in [2.45, 2.75) is 18.7 Å². The van der Waals surface area contributed by atoms with Crippen LogP contribution in [0.5, 0.6) is 0 Å². The highest BCUT2D eigenvalue weighted by Gasteiger charge is 2.39. The van der Waals surface area contributed by atoms with Crippen molar-refractivity contribution in [1.29, 1.82) is 0 Å². The number of benzene rings is 1. The number of anilines is 1. The number of aryl methyl sites for hydroxylation is 1. The maximum Gasteiger partial charge on any atom is 0.321 e. The third-order valence-electron chi connectivity index (χ3n) is 3.46. The fraction of sp³-hybridized carbons (Fsp3) is 0.357. The Hall–Kier alpha value is -1.69. The summed E-state index contributed by atoms with van der Waals surface area (Å²) in [6.45, 7) is 3.83. The molecule has 20 heavy (non-hydrogen) atoms. The molecule has 2 rings (SSSR count). The van der Waals surface area contributed by atoms with Crippen molar-refractivity contribution >= 4 is 39.3 Å². The Morgan fingerprint density at radius 3 is 2.60 bits per heavy atom. The van der Waals surface area contributed by atoms with Crippen LogP contribution in [0, 0.1) is 13.8 Å². The first-order chi connectivity index (χ1) is 9.38. The number of carbonyl (C=O) groups is 3. The number of hydrogen-bond donors (Lipinski definition) is 0. The number of methoxy groups -OCH3 is 1. The number of amides is 1. The van der Waals surface area contributed by atoms with E-state index in [0.717, 1.165) is 11.1 Å². The summed E-state index contributed by atoms with van der Waals surface area (Å²) >= 11 is 3.18. The summed E-state index contributed by atoms with van der Waals surface area (Å²) in [5.41, 5.74) is 2.84. The minimum atomic E-state index is -0.671. The molecule has 0 N–H and O–H groups in total. The van der Waals surface area contributed by atoms with Gasteiger partial charge in [0, 0.05) is 6.54 Å². The lowest BCUT2D eigenvalue weighted by Crippen LogP contribution is -2.38. The predicted molar refractivity (Wildman–Crippen MR) is 77.3 cm³/mol. The number of halogens is 1. The second kappa shape index (κ2) is 5.36. The lowest BCUT2D eigenvalue weighted by Gasteiger charge is -2.21. The van der Waals surface area contributed by atoms with Gasteiger partial charge in [-0.25, -0.2) is 0 Å². The number of alkyl halides is 1. The number of nitrogens with zero attached hydrogens (tertiary/aromatic N) is 1. The van der Waals surface area contributed by atoms with Gasteiger partial charge in [-0.1, -0.05) is 22.0 Å². The molecule has 0 spiro atoms. The summed E-state index contributed by atoms with van der Waals surface area (Å²) in [5, 5.41) is 0.